The van der Waals surface area contributed by atoms with Crippen LogP contribution in [0.15, 0.2) is 0 Å². The molecular weight excluding hydrogens is 214 g/mol. The van der Waals surface area contributed by atoms with E-state index in [0.717, 1.165) is 13.1 Å². The van der Waals surface area contributed by atoms with Gasteiger partial charge in [-0.05, 0) is 24.7 Å². The highest BCUT2D eigenvalue weighted by molar-refractivity contribution is 5.71. The summed E-state index contributed by atoms with van der Waals surface area (Å²) >= 11 is 0. The van der Waals surface area contributed by atoms with Crippen molar-refractivity contribution in [3.8, 4) is 0 Å². The first-order chi connectivity index (χ1) is 8.25. The molecule has 3 fully saturated rings. The van der Waals surface area contributed by atoms with Crippen molar-refractivity contribution in [1.82, 2.24) is 4.90 Å². The molecule has 1 N–H and O–H groups in total. The lowest BCUT2D eigenvalue weighted by molar-refractivity contribution is -0.143. The summed E-state index contributed by atoms with van der Waals surface area (Å²) in [5, 5.41) is 9.41. The Kier molecular flexibility index (Phi) is 3.12. The van der Waals surface area contributed by atoms with Crippen molar-refractivity contribution in [1.29, 1.82) is 0 Å². The van der Waals surface area contributed by atoms with Crippen LogP contribution in [0.4, 0.5) is 0 Å². The first-order valence-corrected chi connectivity index (χ1v) is 7.22. The summed E-state index contributed by atoms with van der Waals surface area (Å²) < 4.78 is 0. The van der Waals surface area contributed by atoms with Crippen molar-refractivity contribution in [3.05, 3.63) is 0 Å². The molecule has 2 aliphatic carbocycles. The molecule has 3 rings (SSSR count). The lowest BCUT2D eigenvalue weighted by Crippen LogP contribution is -2.39. The third kappa shape index (κ3) is 2.10. The summed E-state index contributed by atoms with van der Waals surface area (Å²) in [6.45, 7) is 1.88. The molecule has 3 nitrogen and oxygen atoms in total. The summed E-state index contributed by atoms with van der Waals surface area (Å²) in [6, 6.07) is 0.711. The summed E-state index contributed by atoms with van der Waals surface area (Å²) in [6.07, 6.45) is 9.11. The fourth-order valence-electron chi connectivity index (χ4n) is 4.03. The maximum Gasteiger partial charge on any atom is 0.308 e. The minimum Gasteiger partial charge on any atom is -0.481 e. The normalized spacial score (nSPS) is 36.2. The maximum absolute atomic E-state index is 11.4. The number of carboxylic acid groups (broad SMARTS) is 1. The lowest BCUT2D eigenvalue weighted by atomic mass is 9.83. The van der Waals surface area contributed by atoms with Gasteiger partial charge in [-0.3, -0.25) is 9.69 Å². The van der Waals surface area contributed by atoms with Crippen LogP contribution < -0.4 is 0 Å². The van der Waals surface area contributed by atoms with E-state index in [4.69, 9.17) is 0 Å². The van der Waals surface area contributed by atoms with Crippen LogP contribution in [0.5, 0.6) is 0 Å². The molecule has 0 aromatic rings. The number of likely N-dealkylation sites (tertiary alicyclic amines) is 1. The van der Waals surface area contributed by atoms with Crippen molar-refractivity contribution in [3.63, 3.8) is 0 Å². The Balaban J connectivity index is 1.68. The van der Waals surface area contributed by atoms with Crippen molar-refractivity contribution in [2.45, 2.75) is 51.0 Å². The van der Waals surface area contributed by atoms with Gasteiger partial charge in [0.1, 0.15) is 0 Å². The Bertz CT molecular complexity index is 295. The molecule has 96 valence electrons. The van der Waals surface area contributed by atoms with Crippen LogP contribution in [-0.2, 0) is 4.79 Å². The van der Waals surface area contributed by atoms with Gasteiger partial charge < -0.3 is 5.11 Å². The average molecular weight is 237 g/mol. The van der Waals surface area contributed by atoms with Gasteiger partial charge in [-0.2, -0.15) is 0 Å². The predicted molar refractivity (Wildman–Crippen MR) is 65.8 cm³/mol. The number of hydrogen-bond donors (Lipinski definition) is 1. The first kappa shape index (κ1) is 11.5. The molecule has 2 saturated carbocycles. The highest BCUT2D eigenvalue weighted by Crippen LogP contribution is 2.41. The van der Waals surface area contributed by atoms with Gasteiger partial charge in [-0.25, -0.2) is 0 Å². The minimum atomic E-state index is -0.552. The second kappa shape index (κ2) is 4.60. The second-order valence-electron chi connectivity index (χ2n) is 6.19. The van der Waals surface area contributed by atoms with Gasteiger partial charge in [0, 0.05) is 19.1 Å². The third-order valence-electron chi connectivity index (χ3n) is 5.31. The van der Waals surface area contributed by atoms with Crippen LogP contribution in [-0.4, -0.2) is 35.1 Å². The van der Waals surface area contributed by atoms with Gasteiger partial charge >= 0.3 is 5.97 Å². The quantitative estimate of drug-likeness (QED) is 0.819. The zero-order chi connectivity index (χ0) is 11.8. The fourth-order valence-corrected chi connectivity index (χ4v) is 4.03. The van der Waals surface area contributed by atoms with Crippen LogP contribution >= 0.6 is 0 Å². The molecule has 0 unspecified atom stereocenters. The zero-order valence-corrected chi connectivity index (χ0v) is 10.5. The number of carbonyl (C=O) groups is 1. The second-order valence-corrected chi connectivity index (χ2v) is 6.19. The van der Waals surface area contributed by atoms with Crippen LogP contribution in [0.3, 0.4) is 0 Å². The van der Waals surface area contributed by atoms with Crippen molar-refractivity contribution < 1.29 is 9.90 Å². The van der Waals surface area contributed by atoms with Gasteiger partial charge in [-0.1, -0.05) is 32.1 Å². The van der Waals surface area contributed by atoms with E-state index in [9.17, 15) is 9.90 Å². The van der Waals surface area contributed by atoms with Gasteiger partial charge in [0.2, 0.25) is 0 Å². The smallest absolute Gasteiger partial charge is 0.308 e. The molecule has 0 amide bonds. The standard InChI is InChI=1S/C14H23NO2/c16-14(17)13-9-15(11-6-3-7-11)8-12(13)10-4-1-2-5-10/h10-13H,1-9H2,(H,16,17)/t12-,13+/m0/s1. The van der Waals surface area contributed by atoms with E-state index in [1.54, 1.807) is 0 Å². The lowest BCUT2D eigenvalue weighted by Gasteiger charge is -2.35. The van der Waals surface area contributed by atoms with Crippen molar-refractivity contribution >= 4 is 5.97 Å². The minimum absolute atomic E-state index is 0.0845. The Labute approximate surface area is 103 Å². The van der Waals surface area contributed by atoms with E-state index in [0.29, 0.717) is 17.9 Å². The number of hydrogen-bond acceptors (Lipinski definition) is 2. The van der Waals surface area contributed by atoms with Crippen LogP contribution in [0.2, 0.25) is 0 Å². The number of rotatable bonds is 3. The molecule has 1 heterocycles. The van der Waals surface area contributed by atoms with Crippen LogP contribution in [0, 0.1) is 17.8 Å². The van der Waals surface area contributed by atoms with Crippen molar-refractivity contribution in [2.75, 3.05) is 13.1 Å². The summed E-state index contributed by atoms with van der Waals surface area (Å²) in [4.78, 5) is 13.9. The molecule has 17 heavy (non-hydrogen) atoms. The van der Waals surface area contributed by atoms with E-state index < -0.39 is 5.97 Å². The zero-order valence-electron chi connectivity index (χ0n) is 10.5. The molecule has 1 aliphatic heterocycles. The molecule has 0 bridgehead atoms. The molecule has 3 heteroatoms. The summed E-state index contributed by atoms with van der Waals surface area (Å²) in [5.74, 6) is 0.499. The third-order valence-corrected chi connectivity index (χ3v) is 5.31. The predicted octanol–water partition coefficient (Wildman–Crippen LogP) is 2.36. The number of carboxylic acids is 1. The van der Waals surface area contributed by atoms with E-state index in [2.05, 4.69) is 4.90 Å². The van der Waals surface area contributed by atoms with Gasteiger partial charge in [0.25, 0.3) is 0 Å². The summed E-state index contributed by atoms with van der Waals surface area (Å²) in [5.41, 5.74) is 0. The molecule has 0 aromatic carbocycles. The van der Waals surface area contributed by atoms with Crippen LogP contribution in [0.25, 0.3) is 0 Å². The molecule has 0 spiro atoms. The van der Waals surface area contributed by atoms with E-state index in [1.165, 1.54) is 44.9 Å². The fraction of sp³-hybridized carbons (Fsp3) is 0.929. The van der Waals surface area contributed by atoms with Gasteiger partial charge in [0.05, 0.1) is 5.92 Å². The SMILES string of the molecule is O=C(O)[C@@H]1CN(C2CCC2)C[C@H]1C1CCCC1. The molecular formula is C14H23NO2. The maximum atomic E-state index is 11.4. The Morgan fingerprint density at radius 3 is 2.24 bits per heavy atom. The van der Waals surface area contributed by atoms with Crippen molar-refractivity contribution in [2.24, 2.45) is 17.8 Å². The Hall–Kier alpha value is -0.570. The molecule has 0 aromatic heterocycles. The monoisotopic (exact) mass is 237 g/mol. The van der Waals surface area contributed by atoms with E-state index in [1.807, 2.05) is 0 Å². The number of aliphatic carboxylic acids is 1. The Morgan fingerprint density at radius 2 is 1.71 bits per heavy atom. The molecule has 2 atom stereocenters. The van der Waals surface area contributed by atoms with Gasteiger partial charge in [-0.15, -0.1) is 0 Å². The molecule has 0 radical (unpaired) electrons. The topological polar surface area (TPSA) is 40.5 Å². The number of nitrogens with zero attached hydrogens (tertiary/aromatic N) is 1. The van der Waals surface area contributed by atoms with E-state index >= 15 is 0 Å². The molecule has 3 aliphatic rings. The highest BCUT2D eigenvalue weighted by atomic mass is 16.4. The highest BCUT2D eigenvalue weighted by Gasteiger charge is 2.44. The summed E-state index contributed by atoms with van der Waals surface area (Å²) in [7, 11) is 0. The first-order valence-electron chi connectivity index (χ1n) is 7.22. The van der Waals surface area contributed by atoms with E-state index in [-0.39, 0.29) is 5.92 Å². The Morgan fingerprint density at radius 1 is 1.00 bits per heavy atom. The van der Waals surface area contributed by atoms with Crippen LogP contribution in [0.1, 0.15) is 44.9 Å². The average Bonchev–Trinajstić information content (AvgIpc) is 2.79. The molecule has 1 saturated heterocycles. The largest absolute Gasteiger partial charge is 0.481 e. The van der Waals surface area contributed by atoms with Gasteiger partial charge in [0.15, 0.2) is 0 Å².